The van der Waals surface area contributed by atoms with Gasteiger partial charge in [0.15, 0.2) is 0 Å². The van der Waals surface area contributed by atoms with Gasteiger partial charge in [-0.15, -0.1) is 0 Å². The summed E-state index contributed by atoms with van der Waals surface area (Å²) in [7, 11) is 0. The molecule has 6 nitrogen and oxygen atoms in total. The minimum Gasteiger partial charge on any atom is -0.465 e. The molecule has 2 aliphatic rings. The first-order valence-corrected chi connectivity index (χ1v) is 4.90. The largest absolute Gasteiger partial charge is 0.465 e. The normalized spacial score (nSPS) is 25.5. The van der Waals surface area contributed by atoms with Crippen molar-refractivity contribution in [1.82, 2.24) is 10.2 Å². The Morgan fingerprint density at radius 2 is 2.60 bits per heavy atom. The third-order valence-corrected chi connectivity index (χ3v) is 2.50. The lowest BCUT2D eigenvalue weighted by molar-refractivity contribution is 0.0737. The SMILES string of the molecule is O=C(O)N1CCNC(CC2=COCO2)C1. The van der Waals surface area contributed by atoms with Gasteiger partial charge in [0, 0.05) is 32.1 Å². The molecule has 84 valence electrons. The van der Waals surface area contributed by atoms with Crippen LogP contribution in [-0.4, -0.2) is 48.6 Å². The molecule has 0 aliphatic carbocycles. The molecule has 1 amide bonds. The molecule has 0 spiro atoms. The van der Waals surface area contributed by atoms with E-state index in [0.717, 1.165) is 5.76 Å². The third-order valence-electron chi connectivity index (χ3n) is 2.50. The number of hydrogen-bond acceptors (Lipinski definition) is 4. The van der Waals surface area contributed by atoms with Crippen LogP contribution in [0.2, 0.25) is 0 Å². The average Bonchev–Trinajstić information content (AvgIpc) is 2.71. The predicted molar refractivity (Wildman–Crippen MR) is 51.1 cm³/mol. The van der Waals surface area contributed by atoms with E-state index in [0.29, 0.717) is 26.1 Å². The van der Waals surface area contributed by atoms with Crippen molar-refractivity contribution in [2.45, 2.75) is 12.5 Å². The summed E-state index contributed by atoms with van der Waals surface area (Å²) in [5.74, 6) is 0.778. The van der Waals surface area contributed by atoms with Crippen molar-refractivity contribution in [2.24, 2.45) is 0 Å². The summed E-state index contributed by atoms with van der Waals surface area (Å²) in [6.07, 6.45) is 1.39. The minimum absolute atomic E-state index is 0.114. The molecule has 1 fully saturated rings. The molecule has 0 aromatic rings. The van der Waals surface area contributed by atoms with E-state index >= 15 is 0 Å². The van der Waals surface area contributed by atoms with Crippen LogP contribution in [0.1, 0.15) is 6.42 Å². The number of piperazine rings is 1. The molecule has 6 heteroatoms. The number of nitrogens with one attached hydrogen (secondary N) is 1. The standard InChI is InChI=1S/C9H14N2O4/c12-9(13)11-2-1-10-7(4-11)3-8-5-14-6-15-8/h5,7,10H,1-4,6H2,(H,12,13). The molecule has 15 heavy (non-hydrogen) atoms. The molecule has 1 unspecified atom stereocenters. The zero-order chi connectivity index (χ0) is 10.7. The lowest BCUT2D eigenvalue weighted by atomic mass is 10.1. The van der Waals surface area contributed by atoms with Crippen molar-refractivity contribution in [3.8, 4) is 0 Å². The van der Waals surface area contributed by atoms with Crippen LogP contribution in [0.3, 0.4) is 0 Å². The van der Waals surface area contributed by atoms with E-state index in [-0.39, 0.29) is 12.8 Å². The van der Waals surface area contributed by atoms with Gasteiger partial charge < -0.3 is 24.8 Å². The third kappa shape index (κ3) is 2.53. The Morgan fingerprint density at radius 3 is 3.27 bits per heavy atom. The van der Waals surface area contributed by atoms with Crippen molar-refractivity contribution in [3.63, 3.8) is 0 Å². The number of carboxylic acid groups (broad SMARTS) is 1. The number of carbonyl (C=O) groups is 1. The average molecular weight is 214 g/mol. The maximum Gasteiger partial charge on any atom is 0.407 e. The Morgan fingerprint density at radius 1 is 1.73 bits per heavy atom. The van der Waals surface area contributed by atoms with Gasteiger partial charge in [-0.3, -0.25) is 0 Å². The molecule has 2 heterocycles. The van der Waals surface area contributed by atoms with Gasteiger partial charge in [0.2, 0.25) is 6.79 Å². The lowest BCUT2D eigenvalue weighted by Gasteiger charge is -2.31. The smallest absolute Gasteiger partial charge is 0.407 e. The summed E-state index contributed by atoms with van der Waals surface area (Å²) < 4.78 is 10.1. The molecule has 1 saturated heterocycles. The van der Waals surface area contributed by atoms with Gasteiger partial charge in [-0.1, -0.05) is 0 Å². The highest BCUT2D eigenvalue weighted by Crippen LogP contribution is 2.15. The highest BCUT2D eigenvalue weighted by molar-refractivity contribution is 5.65. The molecule has 0 saturated carbocycles. The Balaban J connectivity index is 1.84. The number of rotatable bonds is 2. The molecule has 0 aromatic carbocycles. The molecule has 0 radical (unpaired) electrons. The van der Waals surface area contributed by atoms with E-state index in [2.05, 4.69) is 5.32 Å². The van der Waals surface area contributed by atoms with E-state index in [1.165, 1.54) is 4.90 Å². The minimum atomic E-state index is -0.862. The van der Waals surface area contributed by atoms with Crippen LogP contribution >= 0.6 is 0 Å². The van der Waals surface area contributed by atoms with Crippen LogP contribution < -0.4 is 5.32 Å². The number of ether oxygens (including phenoxy) is 2. The molecule has 2 N–H and O–H groups in total. The summed E-state index contributed by atoms with van der Waals surface area (Å²) in [5.41, 5.74) is 0. The molecule has 2 rings (SSSR count). The Kier molecular flexibility index (Phi) is 2.96. The van der Waals surface area contributed by atoms with E-state index < -0.39 is 6.09 Å². The second kappa shape index (κ2) is 4.39. The molecular weight excluding hydrogens is 200 g/mol. The summed E-state index contributed by atoms with van der Waals surface area (Å²) >= 11 is 0. The van der Waals surface area contributed by atoms with Gasteiger partial charge in [0.25, 0.3) is 0 Å². The first-order chi connectivity index (χ1) is 7.25. The molecule has 0 aromatic heterocycles. The summed E-state index contributed by atoms with van der Waals surface area (Å²) in [4.78, 5) is 12.2. The second-order valence-electron chi connectivity index (χ2n) is 3.60. The van der Waals surface area contributed by atoms with E-state index in [9.17, 15) is 4.79 Å². The Hall–Kier alpha value is -1.43. The molecule has 2 aliphatic heterocycles. The Labute approximate surface area is 87.5 Å². The van der Waals surface area contributed by atoms with Crippen molar-refractivity contribution >= 4 is 6.09 Å². The van der Waals surface area contributed by atoms with Crippen molar-refractivity contribution in [1.29, 1.82) is 0 Å². The maximum atomic E-state index is 10.8. The first kappa shape index (κ1) is 10.1. The van der Waals surface area contributed by atoms with Crippen molar-refractivity contribution in [2.75, 3.05) is 26.4 Å². The van der Waals surface area contributed by atoms with E-state index in [1.54, 1.807) is 6.26 Å². The summed E-state index contributed by atoms with van der Waals surface area (Å²) in [6.45, 7) is 1.99. The van der Waals surface area contributed by atoms with Gasteiger partial charge in [-0.2, -0.15) is 0 Å². The van der Waals surface area contributed by atoms with Gasteiger partial charge >= 0.3 is 6.09 Å². The van der Waals surface area contributed by atoms with Crippen LogP contribution in [0.25, 0.3) is 0 Å². The Bertz CT molecular complexity index is 279. The number of nitrogens with zero attached hydrogens (tertiary/aromatic N) is 1. The molecule has 0 bridgehead atoms. The zero-order valence-electron chi connectivity index (χ0n) is 8.31. The van der Waals surface area contributed by atoms with Crippen molar-refractivity contribution < 1.29 is 19.4 Å². The zero-order valence-corrected chi connectivity index (χ0v) is 8.31. The number of amides is 1. The predicted octanol–water partition coefficient (Wildman–Crippen LogP) is 0.174. The maximum absolute atomic E-state index is 10.8. The quantitative estimate of drug-likeness (QED) is 0.685. The fourth-order valence-corrected chi connectivity index (χ4v) is 1.76. The summed E-state index contributed by atoms with van der Waals surface area (Å²) in [6, 6.07) is 0.114. The highest BCUT2D eigenvalue weighted by atomic mass is 16.7. The topological polar surface area (TPSA) is 71.0 Å². The van der Waals surface area contributed by atoms with E-state index in [1.807, 2.05) is 0 Å². The fourth-order valence-electron chi connectivity index (χ4n) is 1.76. The first-order valence-electron chi connectivity index (χ1n) is 4.90. The van der Waals surface area contributed by atoms with Gasteiger partial charge in [-0.05, 0) is 0 Å². The molecule has 1 atom stereocenters. The van der Waals surface area contributed by atoms with Gasteiger partial charge in [0.05, 0.1) is 0 Å². The van der Waals surface area contributed by atoms with Crippen LogP contribution in [0.15, 0.2) is 12.0 Å². The second-order valence-corrected chi connectivity index (χ2v) is 3.60. The van der Waals surface area contributed by atoms with Crippen LogP contribution in [-0.2, 0) is 9.47 Å². The van der Waals surface area contributed by atoms with Crippen molar-refractivity contribution in [3.05, 3.63) is 12.0 Å². The van der Waals surface area contributed by atoms with Crippen LogP contribution in [0.5, 0.6) is 0 Å². The van der Waals surface area contributed by atoms with Crippen LogP contribution in [0.4, 0.5) is 4.79 Å². The highest BCUT2D eigenvalue weighted by Gasteiger charge is 2.24. The van der Waals surface area contributed by atoms with Gasteiger partial charge in [-0.25, -0.2) is 4.79 Å². The van der Waals surface area contributed by atoms with Gasteiger partial charge in [0.1, 0.15) is 12.0 Å². The molecular formula is C9H14N2O4. The van der Waals surface area contributed by atoms with E-state index in [4.69, 9.17) is 14.6 Å². The lowest BCUT2D eigenvalue weighted by Crippen LogP contribution is -2.52. The summed E-state index contributed by atoms with van der Waals surface area (Å²) in [5, 5.41) is 12.1. The monoisotopic (exact) mass is 214 g/mol. The number of hydrogen-bond donors (Lipinski definition) is 2. The fraction of sp³-hybridized carbons (Fsp3) is 0.667. The van der Waals surface area contributed by atoms with Crippen LogP contribution in [0, 0.1) is 0 Å².